The molecule has 0 aliphatic carbocycles. The quantitative estimate of drug-likeness (QED) is 0.199. The summed E-state index contributed by atoms with van der Waals surface area (Å²) in [7, 11) is 0. The molecule has 0 unspecified atom stereocenters. The Morgan fingerprint density at radius 2 is 0.854 bits per heavy atom. The molecule has 4 heteroatoms. The highest BCUT2D eigenvalue weighted by molar-refractivity contribution is 6.11. The van der Waals surface area contributed by atoms with Crippen LogP contribution in [0, 0.1) is 22.7 Å². The van der Waals surface area contributed by atoms with Gasteiger partial charge in [-0.2, -0.15) is 10.5 Å². The first-order chi connectivity index (χ1) is 23.8. The van der Waals surface area contributed by atoms with E-state index in [-0.39, 0.29) is 0 Å². The van der Waals surface area contributed by atoms with Crippen molar-refractivity contribution in [2.24, 2.45) is 0 Å². The van der Waals surface area contributed by atoms with Gasteiger partial charge < -0.3 is 9.13 Å². The third-order valence-corrected chi connectivity index (χ3v) is 9.41. The maximum absolute atomic E-state index is 10.6. The smallest absolute Gasteiger partial charge is 0.101 e. The largest absolute Gasteiger partial charge is 0.309 e. The van der Waals surface area contributed by atoms with Crippen LogP contribution in [-0.2, 0) is 0 Å². The number of benzene rings is 7. The van der Waals surface area contributed by atoms with Crippen molar-refractivity contribution in [3.8, 4) is 45.8 Å². The van der Waals surface area contributed by atoms with Crippen LogP contribution < -0.4 is 0 Å². The fraction of sp³-hybridized carbons (Fsp3) is 0. The van der Waals surface area contributed by atoms with Gasteiger partial charge in [0.2, 0.25) is 0 Å². The summed E-state index contributed by atoms with van der Waals surface area (Å²) in [6, 6.07) is 58.8. The van der Waals surface area contributed by atoms with Gasteiger partial charge in [-0.1, -0.05) is 109 Å². The summed E-state index contributed by atoms with van der Waals surface area (Å²) in [5.74, 6) is 0. The molecule has 2 heterocycles. The molecular weight excluding hydrogens is 585 g/mol. The summed E-state index contributed by atoms with van der Waals surface area (Å²) in [5, 5.41) is 25.7. The van der Waals surface area contributed by atoms with Gasteiger partial charge in [0.25, 0.3) is 0 Å². The third-order valence-electron chi connectivity index (χ3n) is 9.41. The van der Waals surface area contributed by atoms with Gasteiger partial charge in [-0.3, -0.25) is 0 Å². The average molecular weight is 611 g/mol. The van der Waals surface area contributed by atoms with E-state index in [0.29, 0.717) is 16.8 Å². The third kappa shape index (κ3) is 4.01. The lowest BCUT2D eigenvalue weighted by Gasteiger charge is -2.20. The van der Waals surface area contributed by atoms with Crippen molar-refractivity contribution >= 4 is 43.6 Å². The number of para-hydroxylation sites is 4. The molecule has 0 fully saturated rings. The Bertz CT molecular complexity index is 2710. The van der Waals surface area contributed by atoms with E-state index < -0.39 is 0 Å². The van der Waals surface area contributed by atoms with Crippen LogP contribution in [0.15, 0.2) is 158 Å². The molecule has 9 rings (SSSR count). The van der Waals surface area contributed by atoms with Crippen molar-refractivity contribution in [3.63, 3.8) is 0 Å². The summed E-state index contributed by atoms with van der Waals surface area (Å²) in [5.41, 5.74) is 10.7. The van der Waals surface area contributed by atoms with Crippen molar-refractivity contribution in [1.82, 2.24) is 9.13 Å². The zero-order valence-corrected chi connectivity index (χ0v) is 25.8. The highest BCUT2D eigenvalue weighted by Crippen LogP contribution is 2.43. The normalized spacial score (nSPS) is 11.3. The second-order valence-electron chi connectivity index (χ2n) is 11.9. The first-order valence-corrected chi connectivity index (χ1v) is 15.9. The molecule has 0 spiro atoms. The Balaban J connectivity index is 1.33. The monoisotopic (exact) mass is 610 g/mol. The van der Waals surface area contributed by atoms with Crippen LogP contribution in [0.4, 0.5) is 0 Å². The Labute approximate surface area is 277 Å². The SMILES string of the molecule is N#Cc1ccc(C#N)c(-n2c3ccccc3c3ccccc32)c1-c1ccccc1-c1cccc(-n2c3ccccc3c3ccccc32)c1. The van der Waals surface area contributed by atoms with Gasteiger partial charge in [-0.15, -0.1) is 0 Å². The van der Waals surface area contributed by atoms with Gasteiger partial charge in [0.05, 0.1) is 45.0 Å². The summed E-state index contributed by atoms with van der Waals surface area (Å²) in [4.78, 5) is 0. The molecule has 0 aliphatic rings. The lowest BCUT2D eigenvalue weighted by Crippen LogP contribution is -2.04. The number of nitriles is 2. The number of hydrogen-bond acceptors (Lipinski definition) is 2. The topological polar surface area (TPSA) is 57.4 Å². The van der Waals surface area contributed by atoms with Gasteiger partial charge in [-0.05, 0) is 65.2 Å². The summed E-state index contributed by atoms with van der Waals surface area (Å²) >= 11 is 0. The van der Waals surface area contributed by atoms with E-state index in [1.807, 2.05) is 36.4 Å². The molecular formula is C44H26N4. The van der Waals surface area contributed by atoms with E-state index >= 15 is 0 Å². The number of rotatable bonds is 4. The summed E-state index contributed by atoms with van der Waals surface area (Å²) < 4.78 is 4.47. The van der Waals surface area contributed by atoms with E-state index in [9.17, 15) is 10.5 Å². The van der Waals surface area contributed by atoms with Gasteiger partial charge in [0.1, 0.15) is 6.07 Å². The van der Waals surface area contributed by atoms with Gasteiger partial charge >= 0.3 is 0 Å². The predicted molar refractivity (Wildman–Crippen MR) is 195 cm³/mol. The molecule has 0 aliphatic heterocycles. The fourth-order valence-electron chi connectivity index (χ4n) is 7.41. The molecule has 9 aromatic rings. The molecule has 0 saturated heterocycles. The second-order valence-corrected chi connectivity index (χ2v) is 11.9. The Hall–Kier alpha value is -6.88. The van der Waals surface area contributed by atoms with Crippen molar-refractivity contribution in [2.45, 2.75) is 0 Å². The molecule has 4 nitrogen and oxygen atoms in total. The van der Waals surface area contributed by atoms with Crippen LogP contribution in [0.3, 0.4) is 0 Å². The van der Waals surface area contributed by atoms with Crippen molar-refractivity contribution < 1.29 is 0 Å². The van der Waals surface area contributed by atoms with Crippen LogP contribution in [0.5, 0.6) is 0 Å². The van der Waals surface area contributed by atoms with E-state index in [4.69, 9.17) is 0 Å². The van der Waals surface area contributed by atoms with E-state index in [1.54, 1.807) is 12.1 Å². The van der Waals surface area contributed by atoms with Crippen molar-refractivity contribution in [3.05, 3.63) is 169 Å². The summed E-state index contributed by atoms with van der Waals surface area (Å²) in [6.07, 6.45) is 0. The minimum Gasteiger partial charge on any atom is -0.309 e. The zero-order chi connectivity index (χ0) is 32.2. The number of fused-ring (bicyclic) bond motifs is 6. The first kappa shape index (κ1) is 27.4. The number of nitrogens with zero attached hydrogens (tertiary/aromatic N) is 4. The highest BCUT2D eigenvalue weighted by Gasteiger charge is 2.23. The second kappa shape index (κ2) is 10.9. The molecule has 48 heavy (non-hydrogen) atoms. The van der Waals surface area contributed by atoms with Crippen LogP contribution >= 0.6 is 0 Å². The molecule has 0 amide bonds. The standard InChI is InChI=1S/C44H26N4/c45-27-30-24-25-31(28-46)44(48-41-22-9-5-17-36(41)37-18-6-10-23-42(37)48)43(30)38-19-2-1-14-33(38)29-12-11-13-32(26-29)47-39-20-7-3-15-34(39)35-16-4-8-21-40(35)47/h1-26H. The Kier molecular flexibility index (Phi) is 6.22. The molecule has 0 saturated carbocycles. The zero-order valence-electron chi connectivity index (χ0n) is 25.8. The number of aromatic nitrogens is 2. The van der Waals surface area contributed by atoms with Crippen molar-refractivity contribution in [1.29, 1.82) is 10.5 Å². The van der Waals surface area contributed by atoms with Crippen molar-refractivity contribution in [2.75, 3.05) is 0 Å². The minimum atomic E-state index is 0.504. The van der Waals surface area contributed by atoms with E-state index in [0.717, 1.165) is 60.8 Å². The fourth-order valence-corrected chi connectivity index (χ4v) is 7.41. The Morgan fingerprint density at radius 1 is 0.396 bits per heavy atom. The molecule has 222 valence electrons. The van der Waals surface area contributed by atoms with Crippen LogP contribution in [0.2, 0.25) is 0 Å². The maximum atomic E-state index is 10.6. The van der Waals surface area contributed by atoms with Gasteiger partial charge in [0, 0.05) is 32.8 Å². The van der Waals surface area contributed by atoms with E-state index in [2.05, 4.69) is 130 Å². The van der Waals surface area contributed by atoms with Crippen LogP contribution in [0.25, 0.3) is 77.2 Å². The maximum Gasteiger partial charge on any atom is 0.101 e. The van der Waals surface area contributed by atoms with Gasteiger partial charge in [-0.25, -0.2) is 0 Å². The van der Waals surface area contributed by atoms with Crippen LogP contribution in [-0.4, -0.2) is 9.13 Å². The lowest BCUT2D eigenvalue weighted by molar-refractivity contribution is 1.16. The molecule has 7 aromatic carbocycles. The van der Waals surface area contributed by atoms with E-state index in [1.165, 1.54) is 10.8 Å². The van der Waals surface area contributed by atoms with Gasteiger partial charge in [0.15, 0.2) is 0 Å². The highest BCUT2D eigenvalue weighted by atomic mass is 15.0. The average Bonchev–Trinajstić information content (AvgIpc) is 3.67. The first-order valence-electron chi connectivity index (χ1n) is 15.9. The molecule has 0 atom stereocenters. The molecule has 2 aromatic heterocycles. The Morgan fingerprint density at radius 3 is 1.40 bits per heavy atom. The molecule has 0 bridgehead atoms. The number of hydrogen-bond donors (Lipinski definition) is 0. The molecule has 0 radical (unpaired) electrons. The minimum absolute atomic E-state index is 0.504. The van der Waals surface area contributed by atoms with Crippen LogP contribution in [0.1, 0.15) is 11.1 Å². The summed E-state index contributed by atoms with van der Waals surface area (Å²) in [6.45, 7) is 0. The lowest BCUT2D eigenvalue weighted by atomic mass is 9.89. The predicted octanol–water partition coefficient (Wildman–Crippen LogP) is 11.0. The molecule has 0 N–H and O–H groups in total.